The van der Waals surface area contributed by atoms with E-state index in [9.17, 15) is 4.39 Å². The molecule has 17 heavy (non-hydrogen) atoms. The molecule has 0 unspecified atom stereocenters. The highest BCUT2D eigenvalue weighted by Gasteiger charge is 2.20. The van der Waals surface area contributed by atoms with E-state index in [1.807, 2.05) is 18.2 Å². The van der Waals surface area contributed by atoms with Crippen molar-refractivity contribution in [3.63, 3.8) is 0 Å². The molecule has 0 radical (unpaired) electrons. The van der Waals surface area contributed by atoms with E-state index in [1.165, 1.54) is 22.7 Å². The molecule has 0 fully saturated rings. The van der Waals surface area contributed by atoms with Crippen LogP contribution in [0, 0.1) is 5.82 Å². The summed E-state index contributed by atoms with van der Waals surface area (Å²) < 4.78 is 12.8. The van der Waals surface area contributed by atoms with Crippen LogP contribution in [0.3, 0.4) is 0 Å². The third kappa shape index (κ3) is 2.15. The van der Waals surface area contributed by atoms with Crippen LogP contribution in [0.5, 0.6) is 0 Å². The lowest BCUT2D eigenvalue weighted by Crippen LogP contribution is -1.90. The van der Waals surface area contributed by atoms with Gasteiger partial charge in [0.2, 0.25) is 0 Å². The van der Waals surface area contributed by atoms with Crippen molar-refractivity contribution in [3.05, 3.63) is 58.0 Å². The van der Waals surface area contributed by atoms with Crippen molar-refractivity contribution in [2.45, 2.75) is 18.9 Å². The van der Waals surface area contributed by atoms with Crippen molar-refractivity contribution in [3.8, 4) is 0 Å². The smallest absolute Gasteiger partial charge is 0.123 e. The molecule has 3 rings (SSSR count). The lowest BCUT2D eigenvalue weighted by atomic mass is 10.0. The Kier molecular flexibility index (Phi) is 2.77. The van der Waals surface area contributed by atoms with Crippen LogP contribution in [0.25, 0.3) is 0 Å². The molecular formula is C14H12FNS. The van der Waals surface area contributed by atoms with Crippen molar-refractivity contribution in [2.75, 3.05) is 0 Å². The number of hydrogen-bond acceptors (Lipinski definition) is 2. The molecule has 0 amide bonds. The molecule has 2 aromatic rings. The van der Waals surface area contributed by atoms with Gasteiger partial charge in [0.15, 0.2) is 0 Å². The Balaban J connectivity index is 1.85. The molecule has 86 valence electrons. The molecule has 0 saturated heterocycles. The summed E-state index contributed by atoms with van der Waals surface area (Å²) in [6.07, 6.45) is 2.04. The molecule has 2 heterocycles. The summed E-state index contributed by atoms with van der Waals surface area (Å²) in [6, 6.07) is 11.0. The van der Waals surface area contributed by atoms with Gasteiger partial charge in [-0.3, -0.25) is 4.99 Å². The molecular weight excluding hydrogens is 233 g/mol. The summed E-state index contributed by atoms with van der Waals surface area (Å²) in [6.45, 7) is 0. The average Bonchev–Trinajstić information content (AvgIpc) is 3.00. The summed E-state index contributed by atoms with van der Waals surface area (Å²) in [4.78, 5) is 5.99. The number of thiophene rings is 1. The van der Waals surface area contributed by atoms with Gasteiger partial charge in [0.1, 0.15) is 5.82 Å². The zero-order chi connectivity index (χ0) is 11.7. The highest BCUT2D eigenvalue weighted by molar-refractivity contribution is 7.12. The first-order valence-electron chi connectivity index (χ1n) is 5.69. The van der Waals surface area contributed by atoms with Gasteiger partial charge in [0.05, 0.1) is 11.8 Å². The van der Waals surface area contributed by atoms with E-state index in [4.69, 9.17) is 4.99 Å². The Bertz CT molecular complexity index is 528. The zero-order valence-corrected chi connectivity index (χ0v) is 10.1. The summed E-state index contributed by atoms with van der Waals surface area (Å²) in [5, 5.41) is 2.07. The number of hydrogen-bond donors (Lipinski definition) is 0. The highest BCUT2D eigenvalue weighted by atomic mass is 32.1. The summed E-state index contributed by atoms with van der Waals surface area (Å²) in [5.74, 6) is -0.186. The van der Waals surface area contributed by atoms with Crippen LogP contribution in [0.15, 0.2) is 46.8 Å². The van der Waals surface area contributed by atoms with E-state index in [-0.39, 0.29) is 11.9 Å². The molecule has 0 aliphatic carbocycles. The lowest BCUT2D eigenvalue weighted by molar-refractivity contribution is 0.624. The Morgan fingerprint density at radius 1 is 1.18 bits per heavy atom. The fourth-order valence-electron chi connectivity index (χ4n) is 2.15. The summed E-state index contributed by atoms with van der Waals surface area (Å²) in [7, 11) is 0. The molecule has 1 nitrogen and oxygen atoms in total. The van der Waals surface area contributed by atoms with Gasteiger partial charge in [-0.1, -0.05) is 18.2 Å². The van der Waals surface area contributed by atoms with Crippen molar-refractivity contribution in [1.29, 1.82) is 0 Å². The van der Waals surface area contributed by atoms with Crippen molar-refractivity contribution >= 4 is 17.0 Å². The largest absolute Gasteiger partial charge is 0.280 e. The number of nitrogens with zero attached hydrogens (tertiary/aromatic N) is 1. The molecule has 1 aromatic heterocycles. The third-order valence-electron chi connectivity index (χ3n) is 3.03. The van der Waals surface area contributed by atoms with Crippen LogP contribution >= 0.6 is 11.3 Å². The molecule has 0 saturated carbocycles. The standard InChI is InChI=1S/C14H12FNS/c15-11-5-3-10(4-6-11)12-7-8-13(16-12)14-2-1-9-17-14/h1-6,9,12H,7-8H2/t12-/m1/s1. The Morgan fingerprint density at radius 3 is 2.71 bits per heavy atom. The average molecular weight is 245 g/mol. The van der Waals surface area contributed by atoms with Gasteiger partial charge < -0.3 is 0 Å². The number of benzene rings is 1. The van der Waals surface area contributed by atoms with E-state index in [0.29, 0.717) is 0 Å². The van der Waals surface area contributed by atoms with Gasteiger partial charge in [0.25, 0.3) is 0 Å². The maximum absolute atomic E-state index is 12.8. The predicted molar refractivity (Wildman–Crippen MR) is 69.2 cm³/mol. The molecule has 1 atom stereocenters. The van der Waals surface area contributed by atoms with Crippen LogP contribution in [0.4, 0.5) is 4.39 Å². The van der Waals surface area contributed by atoms with Crippen LogP contribution in [-0.2, 0) is 0 Å². The molecule has 0 N–H and O–H groups in total. The van der Waals surface area contributed by atoms with Gasteiger partial charge in [-0.05, 0) is 42.0 Å². The minimum Gasteiger partial charge on any atom is -0.280 e. The second kappa shape index (κ2) is 4.41. The Hall–Kier alpha value is -1.48. The van der Waals surface area contributed by atoms with Crippen molar-refractivity contribution in [2.24, 2.45) is 4.99 Å². The first-order valence-corrected chi connectivity index (χ1v) is 6.57. The van der Waals surface area contributed by atoms with Crippen molar-refractivity contribution < 1.29 is 4.39 Å². The van der Waals surface area contributed by atoms with Gasteiger partial charge in [-0.2, -0.15) is 0 Å². The SMILES string of the molecule is Fc1ccc([C@H]2CCC(c3cccs3)=N2)cc1. The normalized spacial score (nSPS) is 19.4. The van der Waals surface area contributed by atoms with Crippen LogP contribution in [-0.4, -0.2) is 5.71 Å². The van der Waals surface area contributed by atoms with Crippen LogP contribution in [0.1, 0.15) is 29.3 Å². The van der Waals surface area contributed by atoms with E-state index in [2.05, 4.69) is 11.4 Å². The molecule has 1 aliphatic heterocycles. The zero-order valence-electron chi connectivity index (χ0n) is 9.27. The third-order valence-corrected chi connectivity index (χ3v) is 3.95. The fraction of sp³-hybridized carbons (Fsp3) is 0.214. The molecule has 1 aliphatic rings. The molecule has 0 spiro atoms. The minimum absolute atomic E-state index is 0.186. The summed E-state index contributed by atoms with van der Waals surface area (Å²) >= 11 is 1.73. The van der Waals surface area contributed by atoms with Crippen LogP contribution in [0.2, 0.25) is 0 Å². The number of aliphatic imine (C=N–C) groups is 1. The number of halogens is 1. The summed E-state index contributed by atoms with van der Waals surface area (Å²) in [5.41, 5.74) is 2.30. The Morgan fingerprint density at radius 2 is 2.00 bits per heavy atom. The van der Waals surface area contributed by atoms with Gasteiger partial charge in [0, 0.05) is 4.88 Å². The van der Waals surface area contributed by atoms with Crippen molar-refractivity contribution in [1.82, 2.24) is 0 Å². The second-order valence-corrected chi connectivity index (χ2v) is 5.11. The van der Waals surface area contributed by atoms with E-state index in [0.717, 1.165) is 18.4 Å². The lowest BCUT2D eigenvalue weighted by Gasteiger charge is -2.05. The minimum atomic E-state index is -0.186. The second-order valence-electron chi connectivity index (χ2n) is 4.16. The predicted octanol–water partition coefficient (Wildman–Crippen LogP) is 4.21. The Labute approximate surface area is 104 Å². The topological polar surface area (TPSA) is 12.4 Å². The molecule has 1 aromatic carbocycles. The monoisotopic (exact) mass is 245 g/mol. The molecule has 0 bridgehead atoms. The van der Waals surface area contributed by atoms with Gasteiger partial charge in [-0.15, -0.1) is 11.3 Å². The highest BCUT2D eigenvalue weighted by Crippen LogP contribution is 2.31. The van der Waals surface area contributed by atoms with Crippen LogP contribution < -0.4 is 0 Å². The fourth-order valence-corrected chi connectivity index (χ4v) is 2.90. The number of rotatable bonds is 2. The van der Waals surface area contributed by atoms with E-state index in [1.54, 1.807) is 11.3 Å². The first-order chi connectivity index (χ1) is 8.33. The maximum Gasteiger partial charge on any atom is 0.123 e. The first kappa shape index (κ1) is 10.7. The quantitative estimate of drug-likeness (QED) is 0.751. The van der Waals surface area contributed by atoms with E-state index < -0.39 is 0 Å². The van der Waals surface area contributed by atoms with Gasteiger partial charge in [-0.25, -0.2) is 4.39 Å². The van der Waals surface area contributed by atoms with E-state index >= 15 is 0 Å². The molecule has 3 heteroatoms. The maximum atomic E-state index is 12.8. The van der Waals surface area contributed by atoms with Gasteiger partial charge >= 0.3 is 0 Å².